The lowest BCUT2D eigenvalue weighted by molar-refractivity contribution is -0.116. The van der Waals surface area contributed by atoms with Crippen molar-refractivity contribution in [1.29, 1.82) is 0 Å². The standard InChI is InChI=1S/C13H21N3O/c1-16(2)12-8-6-11(7-9-12)15-13(17)5-3-4-10-14/h6-9H,3-5,10,14H2,1-2H3,(H,15,17). The number of nitrogens with one attached hydrogen (secondary N) is 1. The monoisotopic (exact) mass is 235 g/mol. The van der Waals surface area contributed by atoms with E-state index in [4.69, 9.17) is 5.73 Å². The number of anilines is 2. The maximum Gasteiger partial charge on any atom is 0.224 e. The van der Waals surface area contributed by atoms with E-state index in [1.54, 1.807) is 0 Å². The molecule has 0 aromatic heterocycles. The first-order valence-electron chi connectivity index (χ1n) is 5.91. The molecule has 0 heterocycles. The molecule has 0 radical (unpaired) electrons. The molecular weight excluding hydrogens is 214 g/mol. The van der Waals surface area contributed by atoms with E-state index in [-0.39, 0.29) is 5.91 Å². The van der Waals surface area contributed by atoms with Gasteiger partial charge in [0.1, 0.15) is 0 Å². The van der Waals surface area contributed by atoms with Crippen LogP contribution >= 0.6 is 0 Å². The Balaban J connectivity index is 2.43. The molecule has 4 heteroatoms. The highest BCUT2D eigenvalue weighted by Gasteiger charge is 2.02. The summed E-state index contributed by atoms with van der Waals surface area (Å²) >= 11 is 0. The fourth-order valence-corrected chi connectivity index (χ4v) is 1.50. The molecule has 3 N–H and O–H groups in total. The highest BCUT2D eigenvalue weighted by Crippen LogP contribution is 2.15. The van der Waals surface area contributed by atoms with Crippen molar-refractivity contribution in [2.24, 2.45) is 5.73 Å². The zero-order chi connectivity index (χ0) is 12.7. The number of benzene rings is 1. The smallest absolute Gasteiger partial charge is 0.224 e. The predicted octanol–water partition coefficient (Wildman–Crippen LogP) is 1.82. The van der Waals surface area contributed by atoms with Gasteiger partial charge in [0, 0.05) is 31.9 Å². The summed E-state index contributed by atoms with van der Waals surface area (Å²) in [5, 5.41) is 2.87. The molecule has 0 aliphatic rings. The van der Waals surface area contributed by atoms with Crippen LogP contribution in [-0.4, -0.2) is 26.5 Å². The third kappa shape index (κ3) is 4.87. The van der Waals surface area contributed by atoms with Crippen molar-refractivity contribution in [3.8, 4) is 0 Å². The normalized spacial score (nSPS) is 10.1. The number of nitrogens with two attached hydrogens (primary N) is 1. The van der Waals surface area contributed by atoms with Gasteiger partial charge in [0.05, 0.1) is 0 Å². The second-order valence-electron chi connectivity index (χ2n) is 4.24. The van der Waals surface area contributed by atoms with Crippen LogP contribution in [0.25, 0.3) is 0 Å². The Bertz CT molecular complexity index is 346. The van der Waals surface area contributed by atoms with Gasteiger partial charge in [-0.1, -0.05) is 0 Å². The first-order chi connectivity index (χ1) is 8.13. The van der Waals surface area contributed by atoms with E-state index in [0.29, 0.717) is 13.0 Å². The number of nitrogens with zero attached hydrogens (tertiary/aromatic N) is 1. The molecule has 0 atom stereocenters. The summed E-state index contributed by atoms with van der Waals surface area (Å²) in [6.45, 7) is 0.644. The summed E-state index contributed by atoms with van der Waals surface area (Å²) in [6, 6.07) is 7.79. The molecule has 0 saturated heterocycles. The lowest BCUT2D eigenvalue weighted by atomic mass is 10.2. The number of unbranched alkanes of at least 4 members (excludes halogenated alkanes) is 1. The lowest BCUT2D eigenvalue weighted by Gasteiger charge is -2.13. The molecule has 0 spiro atoms. The SMILES string of the molecule is CN(C)c1ccc(NC(=O)CCCCN)cc1. The van der Waals surface area contributed by atoms with E-state index in [1.807, 2.05) is 43.3 Å². The first kappa shape index (κ1) is 13.5. The summed E-state index contributed by atoms with van der Waals surface area (Å²) in [6.07, 6.45) is 2.28. The molecule has 1 aromatic rings. The minimum Gasteiger partial charge on any atom is -0.378 e. The van der Waals surface area contributed by atoms with Crippen LogP contribution in [0.3, 0.4) is 0 Å². The largest absolute Gasteiger partial charge is 0.378 e. The van der Waals surface area contributed by atoms with Gasteiger partial charge in [-0.05, 0) is 43.7 Å². The maximum absolute atomic E-state index is 11.5. The highest BCUT2D eigenvalue weighted by atomic mass is 16.1. The first-order valence-corrected chi connectivity index (χ1v) is 5.91. The Kier molecular flexibility index (Phi) is 5.49. The fourth-order valence-electron chi connectivity index (χ4n) is 1.50. The Morgan fingerprint density at radius 1 is 1.24 bits per heavy atom. The van der Waals surface area contributed by atoms with E-state index in [0.717, 1.165) is 24.2 Å². The molecule has 0 saturated carbocycles. The summed E-state index contributed by atoms with van der Waals surface area (Å²) in [5.41, 5.74) is 7.33. The number of amides is 1. The zero-order valence-corrected chi connectivity index (χ0v) is 10.6. The molecule has 4 nitrogen and oxygen atoms in total. The number of hydrogen-bond acceptors (Lipinski definition) is 3. The minimum atomic E-state index is 0.0519. The van der Waals surface area contributed by atoms with E-state index >= 15 is 0 Å². The lowest BCUT2D eigenvalue weighted by Crippen LogP contribution is -2.12. The Morgan fingerprint density at radius 3 is 2.41 bits per heavy atom. The van der Waals surface area contributed by atoms with Crippen molar-refractivity contribution in [2.75, 3.05) is 30.9 Å². The van der Waals surface area contributed by atoms with Crippen LogP contribution in [0.5, 0.6) is 0 Å². The summed E-state index contributed by atoms with van der Waals surface area (Å²) < 4.78 is 0. The molecule has 94 valence electrons. The van der Waals surface area contributed by atoms with Gasteiger partial charge >= 0.3 is 0 Å². The quantitative estimate of drug-likeness (QED) is 0.739. The van der Waals surface area contributed by atoms with Crippen molar-refractivity contribution in [1.82, 2.24) is 0 Å². The number of hydrogen-bond donors (Lipinski definition) is 2. The van der Waals surface area contributed by atoms with Crippen molar-refractivity contribution >= 4 is 17.3 Å². The molecule has 0 aliphatic carbocycles. The number of rotatable bonds is 6. The van der Waals surface area contributed by atoms with Crippen molar-refractivity contribution < 1.29 is 4.79 Å². The Morgan fingerprint density at radius 2 is 1.88 bits per heavy atom. The average Bonchev–Trinajstić information content (AvgIpc) is 2.30. The van der Waals surface area contributed by atoms with Crippen LogP contribution in [0.1, 0.15) is 19.3 Å². The summed E-state index contributed by atoms with van der Waals surface area (Å²) in [7, 11) is 3.97. The third-order valence-electron chi connectivity index (χ3n) is 2.53. The van der Waals surface area contributed by atoms with Crippen LogP contribution in [0.15, 0.2) is 24.3 Å². The highest BCUT2D eigenvalue weighted by molar-refractivity contribution is 5.90. The van der Waals surface area contributed by atoms with Crippen LogP contribution in [0, 0.1) is 0 Å². The van der Waals surface area contributed by atoms with Gasteiger partial charge in [-0.3, -0.25) is 4.79 Å². The zero-order valence-electron chi connectivity index (χ0n) is 10.6. The summed E-state index contributed by atoms with van der Waals surface area (Å²) in [4.78, 5) is 13.6. The summed E-state index contributed by atoms with van der Waals surface area (Å²) in [5.74, 6) is 0.0519. The maximum atomic E-state index is 11.5. The van der Waals surface area contributed by atoms with Gasteiger partial charge in [-0.2, -0.15) is 0 Å². The molecule has 0 bridgehead atoms. The van der Waals surface area contributed by atoms with E-state index in [2.05, 4.69) is 5.32 Å². The minimum absolute atomic E-state index is 0.0519. The van der Waals surface area contributed by atoms with Gasteiger partial charge in [0.15, 0.2) is 0 Å². The van der Waals surface area contributed by atoms with Gasteiger partial charge in [0.25, 0.3) is 0 Å². The molecule has 0 fully saturated rings. The van der Waals surface area contributed by atoms with E-state index < -0.39 is 0 Å². The molecule has 0 aliphatic heterocycles. The van der Waals surface area contributed by atoms with Crippen LogP contribution in [0.2, 0.25) is 0 Å². The third-order valence-corrected chi connectivity index (χ3v) is 2.53. The van der Waals surface area contributed by atoms with Crippen LogP contribution < -0.4 is 16.0 Å². The van der Waals surface area contributed by atoms with Gasteiger partial charge in [0.2, 0.25) is 5.91 Å². The van der Waals surface area contributed by atoms with E-state index in [9.17, 15) is 4.79 Å². The molecular formula is C13H21N3O. The Labute approximate surface area is 103 Å². The van der Waals surface area contributed by atoms with Crippen LogP contribution in [0.4, 0.5) is 11.4 Å². The Hall–Kier alpha value is -1.55. The second-order valence-corrected chi connectivity index (χ2v) is 4.24. The van der Waals surface area contributed by atoms with Crippen LogP contribution in [-0.2, 0) is 4.79 Å². The predicted molar refractivity (Wildman–Crippen MR) is 72.3 cm³/mol. The van der Waals surface area contributed by atoms with Crippen molar-refractivity contribution in [3.05, 3.63) is 24.3 Å². The van der Waals surface area contributed by atoms with Gasteiger partial charge < -0.3 is 16.0 Å². The molecule has 0 unspecified atom stereocenters. The average molecular weight is 235 g/mol. The number of carbonyl (C=O) groups is 1. The number of carbonyl (C=O) groups excluding carboxylic acids is 1. The van der Waals surface area contributed by atoms with Gasteiger partial charge in [-0.15, -0.1) is 0 Å². The van der Waals surface area contributed by atoms with Crippen molar-refractivity contribution in [2.45, 2.75) is 19.3 Å². The molecule has 1 amide bonds. The molecule has 1 rings (SSSR count). The second kappa shape index (κ2) is 6.91. The molecule has 17 heavy (non-hydrogen) atoms. The topological polar surface area (TPSA) is 58.4 Å². The van der Waals surface area contributed by atoms with E-state index in [1.165, 1.54) is 0 Å². The van der Waals surface area contributed by atoms with Crippen molar-refractivity contribution in [3.63, 3.8) is 0 Å². The molecule has 1 aromatic carbocycles. The fraction of sp³-hybridized carbons (Fsp3) is 0.462. The van der Waals surface area contributed by atoms with Gasteiger partial charge in [-0.25, -0.2) is 0 Å².